The molecular weight excluding hydrogens is 336 g/mol. The SMILES string of the molecule is ClCCCc1ncc(-c2ccccc2I)o1. The third kappa shape index (κ3) is 2.77. The number of benzene rings is 1. The van der Waals surface area contributed by atoms with Crippen LogP contribution in [0.25, 0.3) is 11.3 Å². The van der Waals surface area contributed by atoms with E-state index in [1.807, 2.05) is 18.2 Å². The minimum atomic E-state index is 0.639. The number of oxazole rings is 1. The van der Waals surface area contributed by atoms with E-state index >= 15 is 0 Å². The van der Waals surface area contributed by atoms with E-state index in [1.165, 1.54) is 3.57 Å². The van der Waals surface area contributed by atoms with Crippen LogP contribution in [0.4, 0.5) is 0 Å². The number of rotatable bonds is 4. The zero-order chi connectivity index (χ0) is 11.4. The van der Waals surface area contributed by atoms with Crippen molar-refractivity contribution in [3.05, 3.63) is 39.9 Å². The quantitative estimate of drug-likeness (QED) is 0.614. The van der Waals surface area contributed by atoms with Gasteiger partial charge in [-0.1, -0.05) is 18.2 Å². The molecule has 2 rings (SSSR count). The zero-order valence-electron chi connectivity index (χ0n) is 8.62. The molecule has 0 aliphatic heterocycles. The molecule has 0 aliphatic carbocycles. The molecule has 2 nitrogen and oxygen atoms in total. The van der Waals surface area contributed by atoms with Crippen LogP contribution in [0.3, 0.4) is 0 Å². The van der Waals surface area contributed by atoms with Crippen LogP contribution >= 0.6 is 34.2 Å². The highest BCUT2D eigenvalue weighted by Gasteiger charge is 2.08. The number of hydrogen-bond acceptors (Lipinski definition) is 2. The number of nitrogens with zero attached hydrogens (tertiary/aromatic N) is 1. The minimum absolute atomic E-state index is 0.639. The topological polar surface area (TPSA) is 26.0 Å². The Morgan fingerprint density at radius 1 is 1.31 bits per heavy atom. The van der Waals surface area contributed by atoms with E-state index in [0.29, 0.717) is 5.88 Å². The summed E-state index contributed by atoms with van der Waals surface area (Å²) in [4.78, 5) is 4.24. The Kier molecular flexibility index (Phi) is 4.23. The van der Waals surface area contributed by atoms with Gasteiger partial charge in [-0.05, 0) is 35.1 Å². The highest BCUT2D eigenvalue weighted by molar-refractivity contribution is 14.1. The molecule has 1 aromatic carbocycles. The molecule has 0 unspecified atom stereocenters. The van der Waals surface area contributed by atoms with Crippen LogP contribution in [0.2, 0.25) is 0 Å². The number of halogens is 2. The highest BCUT2D eigenvalue weighted by Crippen LogP contribution is 2.25. The number of aryl methyl sites for hydroxylation is 1. The normalized spacial score (nSPS) is 10.6. The molecule has 0 atom stereocenters. The Bertz CT molecular complexity index is 470. The van der Waals surface area contributed by atoms with Gasteiger partial charge in [-0.15, -0.1) is 11.6 Å². The van der Waals surface area contributed by atoms with Crippen LogP contribution in [-0.2, 0) is 6.42 Å². The summed E-state index contributed by atoms with van der Waals surface area (Å²) in [5.41, 5.74) is 1.09. The summed E-state index contributed by atoms with van der Waals surface area (Å²) in [6, 6.07) is 8.10. The minimum Gasteiger partial charge on any atom is -0.441 e. The zero-order valence-corrected chi connectivity index (χ0v) is 11.5. The molecule has 4 heteroatoms. The van der Waals surface area contributed by atoms with Crippen LogP contribution in [0.1, 0.15) is 12.3 Å². The Balaban J connectivity index is 2.22. The van der Waals surface area contributed by atoms with Gasteiger partial charge >= 0.3 is 0 Å². The van der Waals surface area contributed by atoms with Gasteiger partial charge in [-0.25, -0.2) is 4.98 Å². The Hall–Kier alpha value is -0.550. The van der Waals surface area contributed by atoms with Crippen molar-refractivity contribution >= 4 is 34.2 Å². The molecule has 0 N–H and O–H groups in total. The second-order valence-corrected chi connectivity index (χ2v) is 4.93. The summed E-state index contributed by atoms with van der Waals surface area (Å²) >= 11 is 7.92. The molecule has 0 saturated carbocycles. The Morgan fingerprint density at radius 2 is 2.12 bits per heavy atom. The van der Waals surface area contributed by atoms with Gasteiger partial charge in [0.05, 0.1) is 6.20 Å². The number of alkyl halides is 1. The summed E-state index contributed by atoms with van der Waals surface area (Å²) in [5, 5.41) is 0. The fourth-order valence-electron chi connectivity index (χ4n) is 1.43. The van der Waals surface area contributed by atoms with Crippen LogP contribution in [0.5, 0.6) is 0 Å². The predicted octanol–water partition coefficient (Wildman–Crippen LogP) is 4.12. The lowest BCUT2D eigenvalue weighted by Gasteiger charge is -1.98. The van der Waals surface area contributed by atoms with Crippen molar-refractivity contribution in [2.45, 2.75) is 12.8 Å². The van der Waals surface area contributed by atoms with E-state index in [1.54, 1.807) is 6.20 Å². The second kappa shape index (κ2) is 5.68. The van der Waals surface area contributed by atoms with Crippen molar-refractivity contribution in [3.63, 3.8) is 0 Å². The van der Waals surface area contributed by atoms with E-state index < -0.39 is 0 Å². The first-order chi connectivity index (χ1) is 7.81. The molecule has 16 heavy (non-hydrogen) atoms. The summed E-state index contributed by atoms with van der Waals surface area (Å²) in [7, 11) is 0. The van der Waals surface area contributed by atoms with E-state index in [9.17, 15) is 0 Å². The fourth-order valence-corrected chi connectivity index (χ4v) is 2.22. The fraction of sp³-hybridized carbons (Fsp3) is 0.250. The number of aromatic nitrogens is 1. The molecule has 0 fully saturated rings. The van der Waals surface area contributed by atoms with Crippen molar-refractivity contribution in [1.29, 1.82) is 0 Å². The first-order valence-corrected chi connectivity index (χ1v) is 6.68. The van der Waals surface area contributed by atoms with Crippen LogP contribution in [0.15, 0.2) is 34.9 Å². The monoisotopic (exact) mass is 347 g/mol. The lowest BCUT2D eigenvalue weighted by molar-refractivity contribution is 0.503. The van der Waals surface area contributed by atoms with Gasteiger partial charge in [0, 0.05) is 21.4 Å². The van der Waals surface area contributed by atoms with E-state index in [2.05, 4.69) is 33.6 Å². The molecule has 0 radical (unpaired) electrons. The standard InChI is InChI=1S/C12H11ClINO/c13-7-3-6-12-15-8-11(16-12)9-4-1-2-5-10(9)14/h1-2,4-5,8H,3,6-7H2. The van der Waals surface area contributed by atoms with Crippen molar-refractivity contribution in [1.82, 2.24) is 4.98 Å². The van der Waals surface area contributed by atoms with Crippen molar-refractivity contribution in [2.24, 2.45) is 0 Å². The van der Waals surface area contributed by atoms with Crippen LogP contribution in [-0.4, -0.2) is 10.9 Å². The lowest BCUT2D eigenvalue weighted by atomic mass is 10.2. The van der Waals surface area contributed by atoms with Gasteiger partial charge in [0.2, 0.25) is 0 Å². The Morgan fingerprint density at radius 3 is 2.88 bits per heavy atom. The molecule has 0 saturated heterocycles. The molecule has 2 aromatic rings. The Labute approximate surface area is 113 Å². The average molecular weight is 348 g/mol. The van der Waals surface area contributed by atoms with Crippen LogP contribution < -0.4 is 0 Å². The molecule has 84 valence electrons. The van der Waals surface area contributed by atoms with E-state index in [0.717, 1.165) is 30.1 Å². The first-order valence-electron chi connectivity index (χ1n) is 5.07. The highest BCUT2D eigenvalue weighted by atomic mass is 127. The largest absolute Gasteiger partial charge is 0.441 e. The molecule has 0 bridgehead atoms. The van der Waals surface area contributed by atoms with Gasteiger partial charge in [-0.3, -0.25) is 0 Å². The second-order valence-electron chi connectivity index (χ2n) is 3.39. The van der Waals surface area contributed by atoms with Gasteiger partial charge in [0.15, 0.2) is 11.7 Å². The van der Waals surface area contributed by atoms with Crippen molar-refractivity contribution in [2.75, 3.05) is 5.88 Å². The summed E-state index contributed by atoms with van der Waals surface area (Å²) in [5.74, 6) is 2.23. The summed E-state index contributed by atoms with van der Waals surface area (Å²) in [6.07, 6.45) is 3.47. The third-order valence-corrected chi connectivity index (χ3v) is 3.43. The third-order valence-electron chi connectivity index (χ3n) is 2.22. The van der Waals surface area contributed by atoms with E-state index in [-0.39, 0.29) is 0 Å². The van der Waals surface area contributed by atoms with Gasteiger partial charge in [0.1, 0.15) is 0 Å². The smallest absolute Gasteiger partial charge is 0.194 e. The van der Waals surface area contributed by atoms with Gasteiger partial charge < -0.3 is 4.42 Å². The predicted molar refractivity (Wildman–Crippen MR) is 73.7 cm³/mol. The maximum atomic E-state index is 5.68. The van der Waals surface area contributed by atoms with Gasteiger partial charge in [-0.2, -0.15) is 0 Å². The maximum Gasteiger partial charge on any atom is 0.194 e. The van der Waals surface area contributed by atoms with Crippen molar-refractivity contribution < 1.29 is 4.42 Å². The van der Waals surface area contributed by atoms with E-state index in [4.69, 9.17) is 16.0 Å². The summed E-state index contributed by atoms with van der Waals surface area (Å²) < 4.78 is 6.84. The molecular formula is C12H11ClINO. The first kappa shape index (κ1) is 11.9. The molecule has 0 amide bonds. The van der Waals surface area contributed by atoms with Gasteiger partial charge in [0.25, 0.3) is 0 Å². The lowest BCUT2D eigenvalue weighted by Crippen LogP contribution is -1.84. The summed E-state index contributed by atoms with van der Waals surface area (Å²) in [6.45, 7) is 0. The molecule has 1 aromatic heterocycles. The molecule has 0 aliphatic rings. The van der Waals surface area contributed by atoms with Crippen molar-refractivity contribution in [3.8, 4) is 11.3 Å². The molecule has 1 heterocycles. The molecule has 0 spiro atoms. The average Bonchev–Trinajstić information content (AvgIpc) is 2.75. The number of hydrogen-bond donors (Lipinski definition) is 0. The van der Waals surface area contributed by atoms with Crippen LogP contribution in [0, 0.1) is 3.57 Å². The maximum absolute atomic E-state index is 5.68.